The molecule has 0 aliphatic heterocycles. The van der Waals surface area contributed by atoms with Crippen LogP contribution in [0.1, 0.15) is 12.5 Å². The minimum absolute atomic E-state index is 0.162. The largest absolute Gasteiger partial charge is 0.452 e. The van der Waals surface area contributed by atoms with Crippen LogP contribution in [0, 0.1) is 6.92 Å². The number of ether oxygens (including phenoxy) is 1. The quantitative estimate of drug-likeness (QED) is 0.510. The summed E-state index contributed by atoms with van der Waals surface area (Å²) in [6.45, 7) is 3.58. The molecule has 0 aliphatic carbocycles. The Labute approximate surface area is 160 Å². The molecule has 0 spiro atoms. The van der Waals surface area contributed by atoms with Gasteiger partial charge in [-0.1, -0.05) is 34.1 Å². The number of benzene rings is 2. The molecule has 0 N–H and O–H groups in total. The number of carbonyl (C=O) groups excluding carboxylic acids is 2. The number of aryl methyl sites for hydroxylation is 1. The summed E-state index contributed by atoms with van der Waals surface area (Å²) >= 11 is 4.82. The molecule has 0 aliphatic rings. The van der Waals surface area contributed by atoms with Gasteiger partial charge in [0.2, 0.25) is 0 Å². The maximum Gasteiger partial charge on any atom is 0.317 e. The van der Waals surface area contributed by atoms with E-state index in [-0.39, 0.29) is 11.7 Å². The Bertz CT molecular complexity index is 752. The Morgan fingerprint density at radius 1 is 1.20 bits per heavy atom. The molecule has 4 nitrogen and oxygen atoms in total. The third kappa shape index (κ3) is 5.61. The van der Waals surface area contributed by atoms with Crippen LogP contribution in [-0.4, -0.2) is 30.8 Å². The Hall–Kier alpha value is -1.79. The predicted molar refractivity (Wildman–Crippen MR) is 105 cm³/mol. The molecule has 1 atom stereocenters. The molecule has 132 valence electrons. The van der Waals surface area contributed by atoms with Crippen molar-refractivity contribution in [2.75, 3.05) is 17.7 Å². The highest BCUT2D eigenvalue weighted by Gasteiger charge is 2.22. The molecule has 0 saturated heterocycles. The fourth-order valence-electron chi connectivity index (χ4n) is 2.24. The van der Waals surface area contributed by atoms with Crippen LogP contribution in [0.25, 0.3) is 0 Å². The summed E-state index contributed by atoms with van der Waals surface area (Å²) in [7, 11) is 1.67. The van der Waals surface area contributed by atoms with Gasteiger partial charge in [0, 0.05) is 22.1 Å². The first-order chi connectivity index (χ1) is 11.9. The third-order valence-corrected chi connectivity index (χ3v) is 5.25. The van der Waals surface area contributed by atoms with Crippen LogP contribution in [0.5, 0.6) is 0 Å². The number of carbonyl (C=O) groups is 2. The highest BCUT2D eigenvalue weighted by molar-refractivity contribution is 9.10. The van der Waals surface area contributed by atoms with Gasteiger partial charge in [0.1, 0.15) is 0 Å². The zero-order valence-corrected chi connectivity index (χ0v) is 16.8. The van der Waals surface area contributed by atoms with E-state index in [0.717, 1.165) is 20.6 Å². The van der Waals surface area contributed by atoms with Gasteiger partial charge in [-0.25, -0.2) is 0 Å². The van der Waals surface area contributed by atoms with Crippen LogP contribution in [-0.2, 0) is 14.3 Å². The third-order valence-electron chi connectivity index (χ3n) is 3.61. The first kappa shape index (κ1) is 19.5. The summed E-state index contributed by atoms with van der Waals surface area (Å²) in [6, 6.07) is 15.1. The van der Waals surface area contributed by atoms with E-state index in [0.29, 0.717) is 0 Å². The molecule has 0 fully saturated rings. The monoisotopic (exact) mass is 421 g/mol. The number of hydrogen-bond donors (Lipinski definition) is 0. The average Bonchev–Trinajstić information content (AvgIpc) is 2.60. The molecule has 2 aromatic rings. The van der Waals surface area contributed by atoms with E-state index in [2.05, 4.69) is 15.9 Å². The standard InChI is InChI=1S/C19H20BrNO3S/c1-13-11-15(20)9-10-17(13)25-12-18(22)24-14(2)19(23)21(3)16-7-5-4-6-8-16/h4-11,14H,12H2,1-3H3/t14-/m0/s1. The van der Waals surface area contributed by atoms with Crippen LogP contribution in [0.3, 0.4) is 0 Å². The maximum atomic E-state index is 12.4. The highest BCUT2D eigenvalue weighted by atomic mass is 79.9. The molecule has 0 radical (unpaired) electrons. The molecular formula is C19H20BrNO3S. The number of nitrogens with zero attached hydrogens (tertiary/aromatic N) is 1. The van der Waals surface area contributed by atoms with Gasteiger partial charge in [-0.15, -0.1) is 11.8 Å². The van der Waals surface area contributed by atoms with Crippen LogP contribution in [0.2, 0.25) is 0 Å². The van der Waals surface area contributed by atoms with Gasteiger partial charge in [0.25, 0.3) is 5.91 Å². The molecule has 1 amide bonds. The Kier molecular flexibility index (Phi) is 7.08. The summed E-state index contributed by atoms with van der Waals surface area (Å²) in [5.74, 6) is -0.506. The summed E-state index contributed by atoms with van der Waals surface area (Å²) in [5, 5.41) is 0. The molecule has 2 aromatic carbocycles. The van der Waals surface area contributed by atoms with Crippen molar-refractivity contribution < 1.29 is 14.3 Å². The first-order valence-electron chi connectivity index (χ1n) is 7.79. The number of amides is 1. The lowest BCUT2D eigenvalue weighted by Gasteiger charge is -2.21. The van der Waals surface area contributed by atoms with Crippen molar-refractivity contribution >= 4 is 45.3 Å². The molecular weight excluding hydrogens is 402 g/mol. The fraction of sp³-hybridized carbons (Fsp3) is 0.263. The van der Waals surface area contributed by atoms with Gasteiger partial charge in [-0.05, 0) is 49.7 Å². The highest BCUT2D eigenvalue weighted by Crippen LogP contribution is 2.25. The predicted octanol–water partition coefficient (Wildman–Crippen LogP) is 4.44. The minimum atomic E-state index is -0.829. The van der Waals surface area contributed by atoms with Crippen LogP contribution in [0.4, 0.5) is 5.69 Å². The van der Waals surface area contributed by atoms with E-state index in [1.165, 1.54) is 16.7 Å². The van der Waals surface area contributed by atoms with Crippen molar-refractivity contribution in [3.63, 3.8) is 0 Å². The second-order valence-electron chi connectivity index (χ2n) is 5.56. The molecule has 0 bridgehead atoms. The zero-order chi connectivity index (χ0) is 18.4. The smallest absolute Gasteiger partial charge is 0.317 e. The number of para-hydroxylation sites is 1. The molecule has 25 heavy (non-hydrogen) atoms. The lowest BCUT2D eigenvalue weighted by molar-refractivity contribution is -0.151. The van der Waals surface area contributed by atoms with Crippen molar-refractivity contribution in [2.45, 2.75) is 24.8 Å². The maximum absolute atomic E-state index is 12.4. The van der Waals surface area contributed by atoms with Crippen molar-refractivity contribution in [2.24, 2.45) is 0 Å². The molecule has 6 heteroatoms. The SMILES string of the molecule is Cc1cc(Br)ccc1SCC(=O)O[C@@H](C)C(=O)N(C)c1ccccc1. The minimum Gasteiger partial charge on any atom is -0.452 e. The van der Waals surface area contributed by atoms with Crippen LogP contribution < -0.4 is 4.90 Å². The Morgan fingerprint density at radius 2 is 1.88 bits per heavy atom. The van der Waals surface area contributed by atoms with Crippen molar-refractivity contribution in [3.8, 4) is 0 Å². The van der Waals surface area contributed by atoms with E-state index >= 15 is 0 Å². The molecule has 2 rings (SSSR count). The fourth-order valence-corrected chi connectivity index (χ4v) is 3.51. The van der Waals surface area contributed by atoms with Gasteiger partial charge >= 0.3 is 5.97 Å². The van der Waals surface area contributed by atoms with Gasteiger partial charge < -0.3 is 9.64 Å². The van der Waals surface area contributed by atoms with Crippen molar-refractivity contribution in [1.82, 2.24) is 0 Å². The van der Waals surface area contributed by atoms with E-state index in [9.17, 15) is 9.59 Å². The second-order valence-corrected chi connectivity index (χ2v) is 7.50. The molecule has 0 aromatic heterocycles. The zero-order valence-electron chi connectivity index (χ0n) is 14.4. The summed E-state index contributed by atoms with van der Waals surface area (Å²) in [5.41, 5.74) is 1.84. The van der Waals surface area contributed by atoms with Crippen molar-refractivity contribution in [3.05, 3.63) is 58.6 Å². The molecule has 0 unspecified atom stereocenters. The summed E-state index contributed by atoms with van der Waals surface area (Å²) in [6.07, 6.45) is -0.829. The Morgan fingerprint density at radius 3 is 2.52 bits per heavy atom. The lowest BCUT2D eigenvalue weighted by atomic mass is 10.2. The number of esters is 1. The summed E-state index contributed by atoms with van der Waals surface area (Å²) < 4.78 is 6.28. The van der Waals surface area contributed by atoms with Gasteiger partial charge in [0.15, 0.2) is 6.10 Å². The van der Waals surface area contributed by atoms with Gasteiger partial charge in [-0.3, -0.25) is 9.59 Å². The van der Waals surface area contributed by atoms with Crippen LogP contribution >= 0.6 is 27.7 Å². The number of thioether (sulfide) groups is 1. The van der Waals surface area contributed by atoms with E-state index in [1.54, 1.807) is 14.0 Å². The lowest BCUT2D eigenvalue weighted by Crippen LogP contribution is -2.37. The number of anilines is 1. The Balaban J connectivity index is 1.88. The topological polar surface area (TPSA) is 46.6 Å². The van der Waals surface area contributed by atoms with E-state index in [4.69, 9.17) is 4.74 Å². The first-order valence-corrected chi connectivity index (χ1v) is 9.57. The van der Waals surface area contributed by atoms with E-state index in [1.807, 2.05) is 55.5 Å². The normalized spacial score (nSPS) is 11.7. The molecule has 0 heterocycles. The number of likely N-dealkylation sites (N-methyl/N-ethyl adjacent to an activating group) is 1. The average molecular weight is 422 g/mol. The number of hydrogen-bond acceptors (Lipinski definition) is 4. The van der Waals surface area contributed by atoms with Gasteiger partial charge in [-0.2, -0.15) is 0 Å². The number of halogens is 1. The van der Waals surface area contributed by atoms with E-state index < -0.39 is 12.1 Å². The van der Waals surface area contributed by atoms with Crippen LogP contribution in [0.15, 0.2) is 57.9 Å². The molecule has 0 saturated carbocycles. The van der Waals surface area contributed by atoms with Gasteiger partial charge in [0.05, 0.1) is 5.75 Å². The second kappa shape index (κ2) is 9.06. The van der Waals surface area contributed by atoms with Crippen molar-refractivity contribution in [1.29, 1.82) is 0 Å². The number of rotatable bonds is 6. The summed E-state index contributed by atoms with van der Waals surface area (Å²) in [4.78, 5) is 26.9.